The van der Waals surface area contributed by atoms with E-state index in [0.717, 1.165) is 10.8 Å². The van der Waals surface area contributed by atoms with Gasteiger partial charge in [0.15, 0.2) is 5.76 Å². The van der Waals surface area contributed by atoms with E-state index in [4.69, 9.17) is 4.42 Å². The summed E-state index contributed by atoms with van der Waals surface area (Å²) in [6, 6.07) is 23.9. The number of rotatable bonds is 4. The number of hydrogen-bond donors (Lipinski definition) is 1. The van der Waals surface area contributed by atoms with Gasteiger partial charge in [-0.1, -0.05) is 48.5 Å². The summed E-state index contributed by atoms with van der Waals surface area (Å²) in [5.41, 5.74) is 0.600. The third-order valence-electron chi connectivity index (χ3n) is 4.13. The van der Waals surface area contributed by atoms with Gasteiger partial charge in [-0.25, -0.2) is 8.42 Å². The van der Waals surface area contributed by atoms with E-state index in [2.05, 4.69) is 5.32 Å². The normalized spacial score (nSPS) is 11.4. The molecule has 0 aliphatic rings. The van der Waals surface area contributed by atoms with E-state index in [1.54, 1.807) is 24.3 Å². The number of hydrogen-bond acceptors (Lipinski definition) is 4. The van der Waals surface area contributed by atoms with Gasteiger partial charge >= 0.3 is 0 Å². The fourth-order valence-electron chi connectivity index (χ4n) is 2.76. The standard InChI is InChI=1S/C21H15NO4S/c23-21(22-17-11-10-15-6-4-5-7-16(15)14-17)19-12-13-20(26-19)27(24,25)18-8-2-1-3-9-18/h1-14H,(H,22,23). The first-order valence-electron chi connectivity index (χ1n) is 8.24. The van der Waals surface area contributed by atoms with Crippen LogP contribution in [-0.2, 0) is 9.84 Å². The van der Waals surface area contributed by atoms with E-state index in [0.29, 0.717) is 5.69 Å². The summed E-state index contributed by atoms with van der Waals surface area (Å²) in [7, 11) is -3.80. The minimum atomic E-state index is -3.80. The summed E-state index contributed by atoms with van der Waals surface area (Å²) in [6.07, 6.45) is 0. The van der Waals surface area contributed by atoms with Crippen molar-refractivity contribution in [3.05, 3.63) is 90.7 Å². The molecular weight excluding hydrogens is 362 g/mol. The molecule has 1 amide bonds. The lowest BCUT2D eigenvalue weighted by atomic mass is 10.1. The van der Waals surface area contributed by atoms with Gasteiger partial charge in [0.2, 0.25) is 14.9 Å². The predicted molar refractivity (Wildman–Crippen MR) is 103 cm³/mol. The number of anilines is 1. The Morgan fingerprint density at radius 2 is 1.48 bits per heavy atom. The lowest BCUT2D eigenvalue weighted by Gasteiger charge is -2.05. The van der Waals surface area contributed by atoms with Gasteiger partial charge in [-0.05, 0) is 47.2 Å². The van der Waals surface area contributed by atoms with Crippen LogP contribution >= 0.6 is 0 Å². The van der Waals surface area contributed by atoms with E-state index in [-0.39, 0.29) is 15.7 Å². The highest BCUT2D eigenvalue weighted by molar-refractivity contribution is 7.91. The second-order valence-electron chi connectivity index (χ2n) is 5.95. The molecule has 0 aliphatic carbocycles. The third kappa shape index (κ3) is 3.35. The van der Waals surface area contributed by atoms with Crippen LogP contribution in [0.3, 0.4) is 0 Å². The van der Waals surface area contributed by atoms with Gasteiger partial charge in [0, 0.05) is 5.69 Å². The average Bonchev–Trinajstić information content (AvgIpc) is 3.20. The molecule has 134 valence electrons. The Labute approximate surface area is 156 Å². The summed E-state index contributed by atoms with van der Waals surface area (Å²) in [4.78, 5) is 12.5. The Balaban J connectivity index is 1.58. The van der Waals surface area contributed by atoms with Gasteiger partial charge in [-0.3, -0.25) is 4.79 Å². The fraction of sp³-hybridized carbons (Fsp3) is 0. The van der Waals surface area contributed by atoms with Crippen molar-refractivity contribution in [1.29, 1.82) is 0 Å². The molecule has 0 aliphatic heterocycles. The molecule has 0 spiro atoms. The maximum atomic E-state index is 12.5. The zero-order valence-electron chi connectivity index (χ0n) is 14.1. The quantitative estimate of drug-likeness (QED) is 0.567. The fourth-order valence-corrected chi connectivity index (χ4v) is 3.96. The maximum absolute atomic E-state index is 12.5. The molecular formula is C21H15NO4S. The number of sulfone groups is 1. The first-order valence-corrected chi connectivity index (χ1v) is 9.72. The van der Waals surface area contributed by atoms with Crippen LogP contribution in [0.4, 0.5) is 5.69 Å². The Bertz CT molecular complexity index is 1230. The Morgan fingerprint density at radius 1 is 0.778 bits per heavy atom. The van der Waals surface area contributed by atoms with Crippen molar-refractivity contribution >= 4 is 32.2 Å². The number of carbonyl (C=O) groups excluding carboxylic acids is 1. The minimum absolute atomic E-state index is 0.0716. The van der Waals surface area contributed by atoms with Gasteiger partial charge in [-0.15, -0.1) is 0 Å². The van der Waals surface area contributed by atoms with Crippen molar-refractivity contribution < 1.29 is 17.6 Å². The molecule has 1 aromatic heterocycles. The largest absolute Gasteiger partial charge is 0.439 e. The molecule has 0 atom stereocenters. The van der Waals surface area contributed by atoms with Gasteiger partial charge in [0.05, 0.1) is 4.90 Å². The predicted octanol–water partition coefficient (Wildman–Crippen LogP) is 4.52. The van der Waals surface area contributed by atoms with Gasteiger partial charge < -0.3 is 9.73 Å². The molecule has 5 nitrogen and oxygen atoms in total. The second kappa shape index (κ2) is 6.74. The Hall–Kier alpha value is -3.38. The average molecular weight is 377 g/mol. The van der Waals surface area contributed by atoms with Crippen LogP contribution in [0.1, 0.15) is 10.6 Å². The molecule has 0 saturated carbocycles. The van der Waals surface area contributed by atoms with E-state index in [1.165, 1.54) is 24.3 Å². The molecule has 3 aromatic carbocycles. The smallest absolute Gasteiger partial charge is 0.291 e. The number of furan rings is 1. The molecule has 0 bridgehead atoms. The summed E-state index contributed by atoms with van der Waals surface area (Å²) in [5.74, 6) is -0.586. The van der Waals surface area contributed by atoms with E-state index >= 15 is 0 Å². The monoisotopic (exact) mass is 377 g/mol. The molecule has 4 aromatic rings. The molecule has 0 unspecified atom stereocenters. The van der Waals surface area contributed by atoms with Crippen LogP contribution < -0.4 is 5.32 Å². The highest BCUT2D eigenvalue weighted by Crippen LogP contribution is 2.24. The molecule has 0 saturated heterocycles. The Morgan fingerprint density at radius 3 is 2.26 bits per heavy atom. The molecule has 1 N–H and O–H groups in total. The van der Waals surface area contributed by atoms with Crippen LogP contribution in [-0.4, -0.2) is 14.3 Å². The zero-order chi connectivity index (χ0) is 18.9. The first kappa shape index (κ1) is 17.1. The van der Waals surface area contributed by atoms with E-state index in [1.807, 2.05) is 36.4 Å². The number of amides is 1. The second-order valence-corrected chi connectivity index (χ2v) is 7.83. The van der Waals surface area contributed by atoms with Crippen LogP contribution in [0, 0.1) is 0 Å². The van der Waals surface area contributed by atoms with Crippen molar-refractivity contribution in [3.8, 4) is 0 Å². The Kier molecular flexibility index (Phi) is 4.25. The molecule has 1 heterocycles. The van der Waals surface area contributed by atoms with Crippen molar-refractivity contribution in [2.45, 2.75) is 9.99 Å². The molecule has 6 heteroatoms. The van der Waals surface area contributed by atoms with Crippen molar-refractivity contribution in [3.63, 3.8) is 0 Å². The molecule has 27 heavy (non-hydrogen) atoms. The highest BCUT2D eigenvalue weighted by atomic mass is 32.2. The maximum Gasteiger partial charge on any atom is 0.291 e. The van der Waals surface area contributed by atoms with Gasteiger partial charge in [0.25, 0.3) is 5.91 Å². The van der Waals surface area contributed by atoms with E-state index < -0.39 is 15.7 Å². The van der Waals surface area contributed by atoms with Crippen LogP contribution in [0.25, 0.3) is 10.8 Å². The highest BCUT2D eigenvalue weighted by Gasteiger charge is 2.23. The molecule has 4 rings (SSSR count). The number of fused-ring (bicyclic) bond motifs is 1. The number of carbonyl (C=O) groups is 1. The minimum Gasteiger partial charge on any atom is -0.439 e. The first-order chi connectivity index (χ1) is 13.0. The summed E-state index contributed by atoms with van der Waals surface area (Å²) >= 11 is 0. The SMILES string of the molecule is O=C(Nc1ccc2ccccc2c1)c1ccc(S(=O)(=O)c2ccccc2)o1. The summed E-state index contributed by atoms with van der Waals surface area (Å²) < 4.78 is 30.4. The van der Waals surface area contributed by atoms with Crippen LogP contribution in [0.15, 0.2) is 99.3 Å². The van der Waals surface area contributed by atoms with Crippen LogP contribution in [0.2, 0.25) is 0 Å². The summed E-state index contributed by atoms with van der Waals surface area (Å²) in [6.45, 7) is 0. The van der Waals surface area contributed by atoms with Crippen molar-refractivity contribution in [2.24, 2.45) is 0 Å². The lowest BCUT2D eigenvalue weighted by molar-refractivity contribution is 0.0991. The molecule has 0 fully saturated rings. The van der Waals surface area contributed by atoms with Gasteiger partial charge in [0.1, 0.15) is 0 Å². The van der Waals surface area contributed by atoms with Crippen molar-refractivity contribution in [1.82, 2.24) is 0 Å². The zero-order valence-corrected chi connectivity index (χ0v) is 14.9. The third-order valence-corrected chi connectivity index (χ3v) is 5.77. The van der Waals surface area contributed by atoms with E-state index in [9.17, 15) is 13.2 Å². The van der Waals surface area contributed by atoms with Gasteiger partial charge in [-0.2, -0.15) is 0 Å². The van der Waals surface area contributed by atoms with Crippen molar-refractivity contribution in [2.75, 3.05) is 5.32 Å². The number of benzene rings is 3. The summed E-state index contributed by atoms with van der Waals surface area (Å²) in [5, 5.41) is 4.51. The van der Waals surface area contributed by atoms with Crippen LogP contribution in [0.5, 0.6) is 0 Å². The topological polar surface area (TPSA) is 76.4 Å². The lowest BCUT2D eigenvalue weighted by Crippen LogP contribution is -2.11. The number of nitrogens with one attached hydrogen (secondary N) is 1. The molecule has 0 radical (unpaired) electrons.